The Morgan fingerprint density at radius 1 is 1.19 bits per heavy atom. The fourth-order valence-corrected chi connectivity index (χ4v) is 2.33. The number of hydrogen-bond acceptors (Lipinski definition) is 2. The predicted octanol–water partition coefficient (Wildman–Crippen LogP) is 3.12. The molecule has 0 unspecified atom stereocenters. The largest absolute Gasteiger partial charge is 0.395 e. The highest BCUT2D eigenvalue weighted by atomic mass is 16.2. The van der Waals surface area contributed by atoms with Crippen LogP contribution in [0.15, 0.2) is 24.3 Å². The van der Waals surface area contributed by atoms with Gasteiger partial charge in [-0.2, -0.15) is 0 Å². The monoisotopic (exact) mass is 287 g/mol. The second-order valence-electron chi connectivity index (χ2n) is 5.12. The minimum atomic E-state index is -0.150. The number of hydrogen-bond donors (Lipinski definition) is 2. The van der Waals surface area contributed by atoms with Gasteiger partial charge in [-0.1, -0.05) is 44.7 Å². The summed E-state index contributed by atoms with van der Waals surface area (Å²) in [5.74, 6) is 5.76. The molecule has 0 aromatic heterocycles. The zero-order valence-electron chi connectivity index (χ0n) is 13.2. The maximum Gasteiger partial charge on any atom is 0.252 e. The van der Waals surface area contributed by atoms with Crippen LogP contribution in [-0.2, 0) is 0 Å². The molecule has 1 rings (SSSR count). The number of benzene rings is 1. The third kappa shape index (κ3) is 4.61. The Kier molecular flexibility index (Phi) is 6.98. The molecule has 0 heterocycles. The van der Waals surface area contributed by atoms with Crippen LogP contribution in [0.3, 0.4) is 0 Å². The maximum absolute atomic E-state index is 12.6. The highest BCUT2D eigenvalue weighted by Crippen LogP contribution is 2.20. The minimum absolute atomic E-state index is 0.0337. The van der Waals surface area contributed by atoms with E-state index in [1.54, 1.807) is 6.07 Å². The van der Waals surface area contributed by atoms with Crippen LogP contribution in [0, 0.1) is 11.8 Å². The fourth-order valence-electron chi connectivity index (χ4n) is 2.33. The van der Waals surface area contributed by atoms with Crippen LogP contribution in [-0.4, -0.2) is 23.2 Å². The van der Waals surface area contributed by atoms with Gasteiger partial charge in [0.05, 0.1) is 12.2 Å². The van der Waals surface area contributed by atoms with Crippen molar-refractivity contribution in [2.75, 3.05) is 6.61 Å². The van der Waals surface area contributed by atoms with E-state index in [-0.39, 0.29) is 18.1 Å². The smallest absolute Gasteiger partial charge is 0.252 e. The van der Waals surface area contributed by atoms with Crippen molar-refractivity contribution in [3.63, 3.8) is 0 Å². The quantitative estimate of drug-likeness (QED) is 0.790. The highest BCUT2D eigenvalue weighted by molar-refractivity contribution is 5.97. The van der Waals surface area contributed by atoms with Crippen LogP contribution >= 0.6 is 0 Å². The first-order chi connectivity index (χ1) is 10.1. The number of nitrogens with one attached hydrogen (secondary N) is 1. The van der Waals surface area contributed by atoms with Crippen molar-refractivity contribution in [2.24, 2.45) is 0 Å². The van der Waals surface area contributed by atoms with Gasteiger partial charge < -0.3 is 10.4 Å². The summed E-state index contributed by atoms with van der Waals surface area (Å²) in [6, 6.07) is 7.35. The molecule has 3 heteroatoms. The van der Waals surface area contributed by atoms with Crippen molar-refractivity contribution in [3.05, 3.63) is 35.4 Å². The molecule has 114 valence electrons. The Balaban J connectivity index is 3.00. The van der Waals surface area contributed by atoms with Crippen molar-refractivity contribution in [1.82, 2.24) is 5.32 Å². The Morgan fingerprint density at radius 2 is 1.81 bits per heavy atom. The van der Waals surface area contributed by atoms with Gasteiger partial charge >= 0.3 is 0 Å². The van der Waals surface area contributed by atoms with Crippen molar-refractivity contribution in [1.29, 1.82) is 0 Å². The summed E-state index contributed by atoms with van der Waals surface area (Å²) in [5.41, 5.74) is 1.16. The minimum Gasteiger partial charge on any atom is -0.395 e. The van der Waals surface area contributed by atoms with E-state index in [4.69, 9.17) is 5.11 Å². The third-order valence-electron chi connectivity index (χ3n) is 4.04. The van der Waals surface area contributed by atoms with E-state index in [1.807, 2.05) is 18.2 Å². The molecule has 3 nitrogen and oxygen atoms in total. The van der Waals surface area contributed by atoms with Gasteiger partial charge in [0.1, 0.15) is 0 Å². The van der Waals surface area contributed by atoms with Crippen molar-refractivity contribution < 1.29 is 9.90 Å². The summed E-state index contributed by atoms with van der Waals surface area (Å²) in [7, 11) is 0. The van der Waals surface area contributed by atoms with E-state index < -0.39 is 0 Å². The topological polar surface area (TPSA) is 49.3 Å². The lowest BCUT2D eigenvalue weighted by molar-refractivity contribution is 0.0888. The normalized spacial score (nSPS) is 10.7. The summed E-state index contributed by atoms with van der Waals surface area (Å²) < 4.78 is 0. The van der Waals surface area contributed by atoms with Gasteiger partial charge in [-0.05, 0) is 31.4 Å². The van der Waals surface area contributed by atoms with E-state index in [0.29, 0.717) is 17.5 Å². The highest BCUT2D eigenvalue weighted by Gasteiger charge is 2.26. The number of aliphatic hydroxyl groups excluding tert-OH is 1. The Labute approximate surface area is 127 Å². The Hall–Kier alpha value is -1.79. The SMILES string of the molecule is CCC(CC)(CC)NC(=O)c1ccccc1C#CCCO. The van der Waals surface area contributed by atoms with Crippen LogP contribution in [0.2, 0.25) is 0 Å². The van der Waals surface area contributed by atoms with Gasteiger partial charge in [0.25, 0.3) is 5.91 Å². The molecule has 2 N–H and O–H groups in total. The van der Waals surface area contributed by atoms with Gasteiger partial charge in [0.15, 0.2) is 0 Å². The average Bonchev–Trinajstić information content (AvgIpc) is 2.53. The molecular weight excluding hydrogens is 262 g/mol. The van der Waals surface area contributed by atoms with Crippen LogP contribution in [0.1, 0.15) is 62.4 Å². The zero-order chi connectivity index (χ0) is 15.7. The molecule has 21 heavy (non-hydrogen) atoms. The van der Waals surface area contributed by atoms with Gasteiger partial charge in [-0.15, -0.1) is 0 Å². The molecule has 0 spiro atoms. The van der Waals surface area contributed by atoms with Crippen molar-refractivity contribution in [2.45, 2.75) is 52.0 Å². The van der Waals surface area contributed by atoms with Gasteiger partial charge in [0, 0.05) is 17.5 Å². The van der Waals surface area contributed by atoms with Crippen LogP contribution in [0.25, 0.3) is 0 Å². The molecule has 0 radical (unpaired) electrons. The maximum atomic E-state index is 12.6. The van der Waals surface area contributed by atoms with E-state index in [0.717, 1.165) is 19.3 Å². The molecule has 1 aromatic carbocycles. The van der Waals surface area contributed by atoms with E-state index in [9.17, 15) is 4.79 Å². The molecule has 0 aliphatic rings. The second kappa shape index (κ2) is 8.49. The molecule has 0 atom stereocenters. The van der Waals surface area contributed by atoms with E-state index in [1.165, 1.54) is 0 Å². The lowest BCUT2D eigenvalue weighted by Gasteiger charge is -2.32. The number of carbonyl (C=O) groups is 1. The molecular formula is C18H25NO2. The molecule has 1 amide bonds. The van der Waals surface area contributed by atoms with Gasteiger partial charge in [-0.3, -0.25) is 4.79 Å². The first-order valence-electron chi connectivity index (χ1n) is 7.63. The lowest BCUT2D eigenvalue weighted by atomic mass is 9.89. The van der Waals surface area contributed by atoms with Crippen LogP contribution in [0.4, 0.5) is 0 Å². The number of carbonyl (C=O) groups excluding carboxylic acids is 1. The summed E-state index contributed by atoms with van der Waals surface area (Å²) in [6.45, 7) is 6.33. The average molecular weight is 287 g/mol. The van der Waals surface area contributed by atoms with Crippen molar-refractivity contribution >= 4 is 5.91 Å². The fraction of sp³-hybridized carbons (Fsp3) is 0.500. The lowest BCUT2D eigenvalue weighted by Crippen LogP contribution is -2.47. The first kappa shape index (κ1) is 17.3. The number of aliphatic hydroxyl groups is 1. The van der Waals surface area contributed by atoms with Crippen molar-refractivity contribution in [3.8, 4) is 11.8 Å². The van der Waals surface area contributed by atoms with Gasteiger partial charge in [-0.25, -0.2) is 0 Å². The van der Waals surface area contributed by atoms with E-state index in [2.05, 4.69) is 37.9 Å². The second-order valence-corrected chi connectivity index (χ2v) is 5.12. The molecule has 0 aliphatic carbocycles. The predicted molar refractivity (Wildman–Crippen MR) is 86.1 cm³/mol. The summed E-state index contributed by atoms with van der Waals surface area (Å²) in [5, 5.41) is 12.0. The number of rotatable bonds is 6. The summed E-state index contributed by atoms with van der Waals surface area (Å²) in [4.78, 5) is 12.6. The van der Waals surface area contributed by atoms with Crippen LogP contribution in [0.5, 0.6) is 0 Å². The number of amides is 1. The molecule has 0 saturated heterocycles. The molecule has 0 saturated carbocycles. The molecule has 0 fully saturated rings. The summed E-state index contributed by atoms with van der Waals surface area (Å²) >= 11 is 0. The molecule has 0 bridgehead atoms. The van der Waals surface area contributed by atoms with E-state index >= 15 is 0 Å². The Bertz CT molecular complexity index is 513. The molecule has 1 aromatic rings. The van der Waals surface area contributed by atoms with Crippen LogP contribution < -0.4 is 5.32 Å². The summed E-state index contributed by atoms with van der Waals surface area (Å²) in [6.07, 6.45) is 3.14. The Morgan fingerprint density at radius 3 is 2.38 bits per heavy atom. The first-order valence-corrected chi connectivity index (χ1v) is 7.63. The van der Waals surface area contributed by atoms with Gasteiger partial charge in [0.2, 0.25) is 0 Å². The standard InChI is InChI=1S/C18H25NO2/c1-4-18(5-2,6-3)19-17(21)16-13-8-7-11-15(16)12-9-10-14-20/h7-8,11,13,20H,4-6,10,14H2,1-3H3,(H,19,21). The zero-order valence-corrected chi connectivity index (χ0v) is 13.2. The third-order valence-corrected chi connectivity index (χ3v) is 4.04. The molecule has 0 aliphatic heterocycles.